The highest BCUT2D eigenvalue weighted by Crippen LogP contribution is 2.38. The quantitative estimate of drug-likeness (QED) is 0.793. The Morgan fingerprint density at radius 1 is 1.47 bits per heavy atom. The van der Waals surface area contributed by atoms with E-state index in [-0.39, 0.29) is 18.8 Å². The standard InChI is InChI=1S/C13H18N2O4/c1-8(17-2)3-4-13(16)15-10-6-12-11(5-9(10)14)18-7-19-12/h5-6,8H,3-4,7,14H2,1-2H3,(H,15,16). The number of nitrogen functional groups attached to an aromatic ring is 1. The third kappa shape index (κ3) is 3.29. The van der Waals surface area contributed by atoms with Crippen LogP contribution in [-0.2, 0) is 9.53 Å². The predicted molar refractivity (Wildman–Crippen MR) is 71.3 cm³/mol. The summed E-state index contributed by atoms with van der Waals surface area (Å²) < 4.78 is 15.5. The van der Waals surface area contributed by atoms with E-state index in [9.17, 15) is 4.79 Å². The molecule has 1 aromatic rings. The number of benzene rings is 1. The Hall–Kier alpha value is -1.95. The molecule has 0 bridgehead atoms. The molecule has 3 N–H and O–H groups in total. The third-order valence-corrected chi connectivity index (χ3v) is 3.00. The van der Waals surface area contributed by atoms with Crippen molar-refractivity contribution in [3.63, 3.8) is 0 Å². The number of carbonyl (C=O) groups excluding carboxylic acids is 1. The summed E-state index contributed by atoms with van der Waals surface area (Å²) in [4.78, 5) is 11.8. The van der Waals surface area contributed by atoms with Crippen LogP contribution in [0.5, 0.6) is 11.5 Å². The summed E-state index contributed by atoms with van der Waals surface area (Å²) >= 11 is 0. The second kappa shape index (κ2) is 5.79. The highest BCUT2D eigenvalue weighted by molar-refractivity contribution is 5.94. The zero-order valence-corrected chi connectivity index (χ0v) is 11.1. The zero-order valence-electron chi connectivity index (χ0n) is 11.1. The Morgan fingerprint density at radius 2 is 2.16 bits per heavy atom. The number of methoxy groups -OCH3 is 1. The van der Waals surface area contributed by atoms with E-state index in [4.69, 9.17) is 19.9 Å². The van der Waals surface area contributed by atoms with E-state index in [1.165, 1.54) is 0 Å². The lowest BCUT2D eigenvalue weighted by atomic mass is 10.2. The van der Waals surface area contributed by atoms with Crippen LogP contribution in [0.2, 0.25) is 0 Å². The van der Waals surface area contributed by atoms with Crippen LogP contribution >= 0.6 is 0 Å². The Balaban J connectivity index is 1.97. The molecule has 0 aliphatic carbocycles. The van der Waals surface area contributed by atoms with E-state index in [0.717, 1.165) is 0 Å². The number of fused-ring (bicyclic) bond motifs is 1. The molecular weight excluding hydrogens is 248 g/mol. The SMILES string of the molecule is COC(C)CCC(=O)Nc1cc2c(cc1N)OCO2. The van der Waals surface area contributed by atoms with E-state index < -0.39 is 0 Å². The van der Waals surface area contributed by atoms with Gasteiger partial charge < -0.3 is 25.3 Å². The molecule has 2 rings (SSSR count). The summed E-state index contributed by atoms with van der Waals surface area (Å²) in [5.41, 5.74) is 6.85. The molecule has 1 atom stereocenters. The fourth-order valence-electron chi connectivity index (χ4n) is 1.73. The van der Waals surface area contributed by atoms with Gasteiger partial charge >= 0.3 is 0 Å². The first-order valence-electron chi connectivity index (χ1n) is 6.12. The van der Waals surface area contributed by atoms with Crippen molar-refractivity contribution in [1.82, 2.24) is 0 Å². The maximum Gasteiger partial charge on any atom is 0.231 e. The van der Waals surface area contributed by atoms with Crippen molar-refractivity contribution in [3.8, 4) is 11.5 Å². The largest absolute Gasteiger partial charge is 0.454 e. The number of ether oxygens (including phenoxy) is 3. The topological polar surface area (TPSA) is 82.8 Å². The van der Waals surface area contributed by atoms with Gasteiger partial charge in [0.1, 0.15) is 0 Å². The number of carbonyl (C=O) groups is 1. The van der Waals surface area contributed by atoms with Crippen LogP contribution in [0.3, 0.4) is 0 Å². The van der Waals surface area contributed by atoms with E-state index in [1.807, 2.05) is 6.92 Å². The minimum Gasteiger partial charge on any atom is -0.454 e. The number of nitrogens with one attached hydrogen (secondary N) is 1. The molecule has 104 valence electrons. The normalized spacial score (nSPS) is 14.2. The van der Waals surface area contributed by atoms with Crippen molar-refractivity contribution in [1.29, 1.82) is 0 Å². The maximum atomic E-state index is 11.8. The highest BCUT2D eigenvalue weighted by Gasteiger charge is 2.17. The zero-order chi connectivity index (χ0) is 13.8. The summed E-state index contributed by atoms with van der Waals surface area (Å²) in [7, 11) is 1.62. The molecule has 6 nitrogen and oxygen atoms in total. The molecular formula is C13H18N2O4. The highest BCUT2D eigenvalue weighted by atomic mass is 16.7. The monoisotopic (exact) mass is 266 g/mol. The lowest BCUT2D eigenvalue weighted by molar-refractivity contribution is -0.116. The van der Waals surface area contributed by atoms with Gasteiger partial charge in [0.25, 0.3) is 0 Å². The van der Waals surface area contributed by atoms with Gasteiger partial charge in [0, 0.05) is 25.7 Å². The summed E-state index contributed by atoms with van der Waals surface area (Å²) in [6.45, 7) is 2.10. The van der Waals surface area contributed by atoms with E-state index in [2.05, 4.69) is 5.32 Å². The van der Waals surface area contributed by atoms with Crippen molar-refractivity contribution < 1.29 is 19.0 Å². The van der Waals surface area contributed by atoms with Gasteiger partial charge in [-0.25, -0.2) is 0 Å². The van der Waals surface area contributed by atoms with Crippen LogP contribution in [0.1, 0.15) is 19.8 Å². The molecule has 0 radical (unpaired) electrons. The van der Waals surface area contributed by atoms with Gasteiger partial charge in [-0.2, -0.15) is 0 Å². The average molecular weight is 266 g/mol. The van der Waals surface area contributed by atoms with Crippen molar-refractivity contribution in [2.75, 3.05) is 25.0 Å². The van der Waals surface area contributed by atoms with Crippen LogP contribution in [0.15, 0.2) is 12.1 Å². The van der Waals surface area contributed by atoms with Crippen molar-refractivity contribution in [2.45, 2.75) is 25.9 Å². The molecule has 0 saturated carbocycles. The first-order chi connectivity index (χ1) is 9.10. The molecule has 1 amide bonds. The van der Waals surface area contributed by atoms with Crippen molar-refractivity contribution in [2.24, 2.45) is 0 Å². The molecule has 0 fully saturated rings. The first kappa shape index (κ1) is 13.5. The molecule has 0 saturated heterocycles. The number of amides is 1. The second-order valence-electron chi connectivity index (χ2n) is 4.43. The Labute approximate surface area is 111 Å². The van der Waals surface area contributed by atoms with Gasteiger partial charge in [0.05, 0.1) is 17.5 Å². The van der Waals surface area contributed by atoms with Crippen LogP contribution < -0.4 is 20.5 Å². The predicted octanol–water partition coefficient (Wildman–Crippen LogP) is 1.75. The average Bonchev–Trinajstić information content (AvgIpc) is 2.83. The number of nitrogens with two attached hydrogens (primary N) is 1. The Morgan fingerprint density at radius 3 is 2.84 bits per heavy atom. The van der Waals surface area contributed by atoms with Gasteiger partial charge in [-0.1, -0.05) is 0 Å². The lowest BCUT2D eigenvalue weighted by Gasteiger charge is -2.11. The summed E-state index contributed by atoms with van der Waals surface area (Å²) in [6, 6.07) is 3.32. The molecule has 1 unspecified atom stereocenters. The fourth-order valence-corrected chi connectivity index (χ4v) is 1.73. The first-order valence-corrected chi connectivity index (χ1v) is 6.12. The van der Waals surface area contributed by atoms with Crippen molar-refractivity contribution >= 4 is 17.3 Å². The number of anilines is 2. The van der Waals surface area contributed by atoms with Crippen LogP contribution in [0.25, 0.3) is 0 Å². The third-order valence-electron chi connectivity index (χ3n) is 3.00. The molecule has 0 aromatic heterocycles. The molecule has 0 spiro atoms. The minimum absolute atomic E-state index is 0.0554. The van der Waals surface area contributed by atoms with Gasteiger partial charge in [-0.05, 0) is 13.3 Å². The molecule has 1 heterocycles. The molecule has 19 heavy (non-hydrogen) atoms. The lowest BCUT2D eigenvalue weighted by Crippen LogP contribution is -2.15. The fraction of sp³-hybridized carbons (Fsp3) is 0.462. The van der Waals surface area contributed by atoms with E-state index in [0.29, 0.717) is 35.7 Å². The van der Waals surface area contributed by atoms with E-state index >= 15 is 0 Å². The van der Waals surface area contributed by atoms with Gasteiger partial charge in [-0.15, -0.1) is 0 Å². The molecule has 1 aromatic carbocycles. The molecule has 1 aliphatic heterocycles. The summed E-state index contributed by atoms with van der Waals surface area (Å²) in [6.07, 6.45) is 1.09. The molecule has 6 heteroatoms. The summed E-state index contributed by atoms with van der Waals surface area (Å²) in [5.74, 6) is 1.09. The van der Waals surface area contributed by atoms with Gasteiger partial charge in [0.2, 0.25) is 12.7 Å². The molecule has 1 aliphatic rings. The van der Waals surface area contributed by atoms with Crippen LogP contribution in [0.4, 0.5) is 11.4 Å². The summed E-state index contributed by atoms with van der Waals surface area (Å²) in [5, 5.41) is 2.76. The minimum atomic E-state index is -0.102. The second-order valence-corrected chi connectivity index (χ2v) is 4.43. The van der Waals surface area contributed by atoms with Crippen LogP contribution in [0, 0.1) is 0 Å². The Kier molecular flexibility index (Phi) is 4.11. The van der Waals surface area contributed by atoms with E-state index in [1.54, 1.807) is 19.2 Å². The number of hydrogen-bond donors (Lipinski definition) is 2. The maximum absolute atomic E-state index is 11.8. The Bertz CT molecular complexity index is 476. The van der Waals surface area contributed by atoms with Crippen molar-refractivity contribution in [3.05, 3.63) is 12.1 Å². The van der Waals surface area contributed by atoms with Crippen LogP contribution in [-0.4, -0.2) is 25.9 Å². The number of rotatable bonds is 5. The smallest absolute Gasteiger partial charge is 0.231 e. The van der Waals surface area contributed by atoms with Gasteiger partial charge in [0.15, 0.2) is 11.5 Å². The van der Waals surface area contributed by atoms with Gasteiger partial charge in [-0.3, -0.25) is 4.79 Å². The number of hydrogen-bond acceptors (Lipinski definition) is 5.